The molecule has 0 unspecified atom stereocenters. The zero-order valence-corrected chi connectivity index (χ0v) is 15.6. The molecule has 0 saturated heterocycles. The number of hydrogen-bond acceptors (Lipinski definition) is 2. The van der Waals surface area contributed by atoms with Gasteiger partial charge in [-0.2, -0.15) is 0 Å². The van der Waals surface area contributed by atoms with Crippen LogP contribution in [0.2, 0.25) is 0 Å². The molecule has 1 radical (unpaired) electrons. The summed E-state index contributed by atoms with van der Waals surface area (Å²) in [6.45, 7) is 4.01. The van der Waals surface area contributed by atoms with Crippen LogP contribution in [0.1, 0.15) is 23.1 Å². The van der Waals surface area contributed by atoms with Gasteiger partial charge in [0.25, 0.3) is 0 Å². The smallest absolute Gasteiger partial charge is 0.224 e. The minimum Gasteiger partial charge on any atom is -0.557 e. The molecule has 22 heavy (non-hydrogen) atoms. The summed E-state index contributed by atoms with van der Waals surface area (Å²) >= 11 is 0. The molecule has 0 saturated carbocycles. The van der Waals surface area contributed by atoms with Gasteiger partial charge in [-0.15, -0.1) is 5.69 Å². The molecule has 3 rings (SSSR count). The molecule has 0 aliphatic carbocycles. The number of anilines is 1. The fraction of sp³-hybridized carbons (Fsp3) is 0.235. The normalized spacial score (nSPS) is 12.7. The number of fused-ring (bicyclic) bond motifs is 1. The minimum atomic E-state index is 0. The Morgan fingerprint density at radius 2 is 1.91 bits per heavy atom. The van der Waals surface area contributed by atoms with Crippen LogP contribution < -0.4 is 10.2 Å². The van der Waals surface area contributed by atoms with Crippen molar-refractivity contribution in [2.75, 3.05) is 5.32 Å². The van der Waals surface area contributed by atoms with Gasteiger partial charge in [-0.1, -0.05) is 24.3 Å². The molecule has 0 atom stereocenters. The van der Waals surface area contributed by atoms with Gasteiger partial charge in [0.1, 0.15) is 5.75 Å². The van der Waals surface area contributed by atoms with Crippen LogP contribution in [0.15, 0.2) is 36.4 Å². The second-order valence-corrected chi connectivity index (χ2v) is 5.34. The van der Waals surface area contributed by atoms with Crippen LogP contribution in [-0.2, 0) is 43.9 Å². The zero-order chi connectivity index (χ0) is 14.8. The molecule has 1 N–H and O–H groups in total. The van der Waals surface area contributed by atoms with E-state index in [0.29, 0.717) is 6.42 Å². The molecule has 1 heterocycles. The van der Waals surface area contributed by atoms with Crippen molar-refractivity contribution in [3.05, 3.63) is 58.6 Å². The number of nitrogens with one attached hydrogen (secondary N) is 1. The van der Waals surface area contributed by atoms with Gasteiger partial charge in [-0.25, -0.2) is 0 Å². The molecule has 0 fully saturated rings. The number of benzene rings is 2. The van der Waals surface area contributed by atoms with E-state index in [2.05, 4.69) is 10.8 Å². The summed E-state index contributed by atoms with van der Waals surface area (Å²) in [6, 6.07) is 11.7. The SMILES string of the molecule is Cc1ccc(C)c(O[N-]c2ccc3c(c2)CCC(=O)N3)c1.[Y]. The summed E-state index contributed by atoms with van der Waals surface area (Å²) in [4.78, 5) is 16.9. The monoisotopic (exact) mass is 370 g/mol. The molecule has 111 valence electrons. The van der Waals surface area contributed by atoms with Crippen molar-refractivity contribution >= 4 is 17.3 Å². The molecule has 5 heteroatoms. The number of hydrogen-bond donors (Lipinski definition) is 1. The molecule has 4 nitrogen and oxygen atoms in total. The zero-order valence-electron chi connectivity index (χ0n) is 12.7. The van der Waals surface area contributed by atoms with Gasteiger partial charge in [0.15, 0.2) is 0 Å². The number of aryl methyl sites for hydroxylation is 3. The molecule has 0 aromatic heterocycles. The van der Waals surface area contributed by atoms with E-state index in [4.69, 9.17) is 4.84 Å². The Kier molecular flexibility index (Phi) is 5.60. The Balaban J connectivity index is 0.00000176. The van der Waals surface area contributed by atoms with Gasteiger partial charge in [-0.3, -0.25) is 4.79 Å². The van der Waals surface area contributed by atoms with Crippen LogP contribution in [0.4, 0.5) is 11.4 Å². The van der Waals surface area contributed by atoms with Crippen LogP contribution in [0.3, 0.4) is 0 Å². The fourth-order valence-electron chi connectivity index (χ4n) is 2.33. The van der Waals surface area contributed by atoms with Gasteiger partial charge < -0.3 is 15.6 Å². The van der Waals surface area contributed by atoms with Gasteiger partial charge in [0.05, 0.1) is 0 Å². The molecule has 1 aliphatic rings. The van der Waals surface area contributed by atoms with Crippen LogP contribution >= 0.6 is 0 Å². The van der Waals surface area contributed by atoms with E-state index in [1.54, 1.807) is 0 Å². The van der Waals surface area contributed by atoms with Crippen molar-refractivity contribution in [2.24, 2.45) is 0 Å². The molecule has 2 aromatic rings. The summed E-state index contributed by atoms with van der Waals surface area (Å²) in [7, 11) is 0. The first-order valence-electron chi connectivity index (χ1n) is 7.00. The quantitative estimate of drug-likeness (QED) is 0.824. The van der Waals surface area contributed by atoms with Gasteiger partial charge in [0.2, 0.25) is 5.91 Å². The average Bonchev–Trinajstić information content (AvgIpc) is 2.48. The number of rotatable bonds is 3. The minimum absolute atomic E-state index is 0. The Hall–Kier alpha value is -1.39. The van der Waals surface area contributed by atoms with Crippen molar-refractivity contribution in [2.45, 2.75) is 26.7 Å². The summed E-state index contributed by atoms with van der Waals surface area (Å²) in [6.07, 6.45) is 1.27. The van der Waals surface area contributed by atoms with Crippen LogP contribution in [0.25, 0.3) is 5.48 Å². The van der Waals surface area contributed by atoms with E-state index in [1.807, 2.05) is 50.2 Å². The third kappa shape index (κ3) is 3.87. The second kappa shape index (κ2) is 7.25. The van der Waals surface area contributed by atoms with E-state index in [0.717, 1.165) is 40.2 Å². The first kappa shape index (κ1) is 17.0. The predicted octanol–water partition coefficient (Wildman–Crippen LogP) is 4.18. The van der Waals surface area contributed by atoms with E-state index >= 15 is 0 Å². The Labute approximate surface area is 155 Å². The summed E-state index contributed by atoms with van der Waals surface area (Å²) < 4.78 is 0. The van der Waals surface area contributed by atoms with Crippen LogP contribution in [0, 0.1) is 13.8 Å². The van der Waals surface area contributed by atoms with Crippen molar-refractivity contribution < 1.29 is 42.3 Å². The third-order valence-electron chi connectivity index (χ3n) is 3.58. The molecule has 1 aliphatic heterocycles. The number of carbonyl (C=O) groups excluding carboxylic acids is 1. The first-order chi connectivity index (χ1) is 10.1. The molecule has 0 spiro atoms. The summed E-state index contributed by atoms with van der Waals surface area (Å²) in [5, 5.41) is 2.86. The molecule has 1 amide bonds. The van der Waals surface area contributed by atoms with Crippen molar-refractivity contribution in [3.8, 4) is 5.75 Å². The van der Waals surface area contributed by atoms with E-state index in [-0.39, 0.29) is 38.6 Å². The van der Waals surface area contributed by atoms with Gasteiger partial charge in [0, 0.05) is 44.8 Å². The number of amides is 1. The van der Waals surface area contributed by atoms with Crippen LogP contribution in [0.5, 0.6) is 5.75 Å². The topological polar surface area (TPSA) is 52.4 Å². The number of carbonyl (C=O) groups is 1. The van der Waals surface area contributed by atoms with E-state index in [9.17, 15) is 4.79 Å². The van der Waals surface area contributed by atoms with E-state index in [1.165, 1.54) is 0 Å². The Morgan fingerprint density at radius 3 is 2.73 bits per heavy atom. The Morgan fingerprint density at radius 1 is 1.09 bits per heavy atom. The molecular weight excluding hydrogens is 353 g/mol. The predicted molar refractivity (Wildman–Crippen MR) is 83.0 cm³/mol. The van der Waals surface area contributed by atoms with E-state index < -0.39 is 0 Å². The maximum atomic E-state index is 11.3. The van der Waals surface area contributed by atoms with Crippen LogP contribution in [-0.4, -0.2) is 5.91 Å². The molecule has 2 aromatic carbocycles. The fourth-order valence-corrected chi connectivity index (χ4v) is 2.33. The third-order valence-corrected chi connectivity index (χ3v) is 3.58. The summed E-state index contributed by atoms with van der Waals surface area (Å²) in [5.74, 6) is 0.833. The maximum absolute atomic E-state index is 11.3. The second-order valence-electron chi connectivity index (χ2n) is 5.34. The number of nitrogens with zero attached hydrogens (tertiary/aromatic N) is 1. The largest absolute Gasteiger partial charge is 0.557 e. The average molecular weight is 370 g/mol. The summed E-state index contributed by atoms with van der Waals surface area (Å²) in [5.41, 5.74) is 9.11. The molecule has 0 bridgehead atoms. The standard InChI is InChI=1S/C17H17N2O2.Y/c1-11-3-4-12(2)16(9-11)21-19-14-6-7-15-13(10-14)5-8-17(20)18-15;/h3-4,6-7,9-10H,5,8H2,1-2H3,(H,18,20);/q-1;. The Bertz CT molecular complexity index is 701. The van der Waals surface area contributed by atoms with Gasteiger partial charge in [-0.05, 0) is 49.1 Å². The van der Waals surface area contributed by atoms with Gasteiger partial charge >= 0.3 is 0 Å². The first-order valence-corrected chi connectivity index (χ1v) is 7.00. The van der Waals surface area contributed by atoms with Crippen molar-refractivity contribution in [1.82, 2.24) is 0 Å². The molecular formula is C17H17N2O2Y-. The van der Waals surface area contributed by atoms with Crippen molar-refractivity contribution in [1.29, 1.82) is 0 Å². The maximum Gasteiger partial charge on any atom is 0.224 e. The van der Waals surface area contributed by atoms with Crippen molar-refractivity contribution in [3.63, 3.8) is 0 Å².